The molecule has 1 saturated carbocycles. The first-order chi connectivity index (χ1) is 13.7. The second-order valence-corrected chi connectivity index (χ2v) is 16.1. The molecular weight excluding hydrogens is 396 g/mol. The first kappa shape index (κ1) is 28.8. The highest BCUT2D eigenvalue weighted by atomic mass is 28.3. The summed E-state index contributed by atoms with van der Waals surface area (Å²) >= 11 is 0. The van der Waals surface area contributed by atoms with Gasteiger partial charge < -0.3 is 9.47 Å². The smallest absolute Gasteiger partial charge is 0.317 e. The normalized spacial score (nSPS) is 24.6. The number of rotatable bonds is 5. The molecule has 1 heterocycles. The van der Waals surface area contributed by atoms with Crippen LogP contribution in [0.3, 0.4) is 0 Å². The van der Waals surface area contributed by atoms with Gasteiger partial charge in [0.05, 0.1) is 17.8 Å². The fourth-order valence-electron chi connectivity index (χ4n) is 3.04. The monoisotopic (exact) mass is 442 g/mol. The Kier molecular flexibility index (Phi) is 12.1. The number of carbonyl (C=O) groups excluding carboxylic acids is 3. The van der Waals surface area contributed by atoms with Crippen molar-refractivity contribution in [1.29, 1.82) is 0 Å². The van der Waals surface area contributed by atoms with Gasteiger partial charge in [0.15, 0.2) is 0 Å². The number of hydrogen-bond donors (Lipinski definition) is 0. The molecule has 0 bridgehead atoms. The van der Waals surface area contributed by atoms with Crippen LogP contribution in [-0.4, -0.2) is 31.6 Å². The maximum absolute atomic E-state index is 11.5. The van der Waals surface area contributed by atoms with Crippen molar-refractivity contribution in [2.45, 2.75) is 118 Å². The van der Waals surface area contributed by atoms with Gasteiger partial charge in [-0.1, -0.05) is 67.6 Å². The highest BCUT2D eigenvalue weighted by Crippen LogP contribution is 2.33. The van der Waals surface area contributed by atoms with Gasteiger partial charge in [-0.25, -0.2) is 0 Å². The third-order valence-corrected chi connectivity index (χ3v) is 10.2. The first-order valence-corrected chi connectivity index (χ1v) is 15.2. The summed E-state index contributed by atoms with van der Waals surface area (Å²) in [7, 11) is -0.761. The maximum atomic E-state index is 11.5. The number of esters is 3. The van der Waals surface area contributed by atoms with Gasteiger partial charge >= 0.3 is 17.9 Å². The molecule has 30 heavy (non-hydrogen) atoms. The van der Waals surface area contributed by atoms with Crippen molar-refractivity contribution in [1.82, 2.24) is 0 Å². The van der Waals surface area contributed by atoms with Gasteiger partial charge in [0.2, 0.25) is 0 Å². The van der Waals surface area contributed by atoms with Crippen LogP contribution in [0.1, 0.15) is 87.0 Å². The second kappa shape index (κ2) is 12.6. The molecule has 5 nitrogen and oxygen atoms in total. The van der Waals surface area contributed by atoms with E-state index in [1.165, 1.54) is 19.3 Å². The molecule has 1 saturated heterocycles. The summed E-state index contributed by atoms with van der Waals surface area (Å²) in [5.41, 5.74) is 0.836. The third kappa shape index (κ3) is 9.76. The molecule has 2 aliphatic rings. The number of cyclic esters (lactones) is 2. The predicted molar refractivity (Wildman–Crippen MR) is 125 cm³/mol. The van der Waals surface area contributed by atoms with Crippen LogP contribution in [0.5, 0.6) is 0 Å². The predicted octanol–water partition coefficient (Wildman–Crippen LogP) is 6.38. The standard InChI is InChI=1S/C11H20O2.C7H18Si.C6H8O3/c1-4-9(2)10(12)13-11(3)7-5-6-8-11;1-6-7(2)8(3,4)5;1-3-4(2)6(8)9-5(3)7/h9H,4-8H2,1-3H3;7H,6H2,1-5H3;3-4H,1-2H3. The van der Waals surface area contributed by atoms with E-state index >= 15 is 0 Å². The lowest BCUT2D eigenvalue weighted by atomic mass is 10.00. The van der Waals surface area contributed by atoms with E-state index in [9.17, 15) is 14.4 Å². The van der Waals surface area contributed by atoms with Crippen LogP contribution >= 0.6 is 0 Å². The second-order valence-electron chi connectivity index (χ2n) is 10.4. The van der Waals surface area contributed by atoms with E-state index in [-0.39, 0.29) is 29.3 Å². The lowest BCUT2D eigenvalue weighted by Crippen LogP contribution is -2.30. The molecule has 0 aromatic heterocycles. The van der Waals surface area contributed by atoms with Crippen LogP contribution in [0.2, 0.25) is 25.2 Å². The van der Waals surface area contributed by atoms with Crippen molar-refractivity contribution in [2.75, 3.05) is 0 Å². The number of carbonyl (C=O) groups is 3. The van der Waals surface area contributed by atoms with Crippen LogP contribution in [0.15, 0.2) is 0 Å². The average Bonchev–Trinajstić information content (AvgIpc) is 3.19. The van der Waals surface area contributed by atoms with E-state index in [4.69, 9.17) is 4.74 Å². The van der Waals surface area contributed by atoms with Crippen molar-refractivity contribution in [3.05, 3.63) is 0 Å². The molecule has 1 aliphatic heterocycles. The van der Waals surface area contributed by atoms with Gasteiger partial charge in [-0.2, -0.15) is 0 Å². The summed E-state index contributed by atoms with van der Waals surface area (Å²) in [6.45, 7) is 21.3. The van der Waals surface area contributed by atoms with Crippen LogP contribution in [0.25, 0.3) is 0 Å². The van der Waals surface area contributed by atoms with E-state index in [1.807, 2.05) is 13.8 Å². The number of hydrogen-bond acceptors (Lipinski definition) is 5. The van der Waals surface area contributed by atoms with Crippen LogP contribution in [0, 0.1) is 17.8 Å². The summed E-state index contributed by atoms with van der Waals surface area (Å²) in [5, 5.41) is 0. The molecule has 0 N–H and O–H groups in total. The van der Waals surface area contributed by atoms with E-state index in [0.717, 1.165) is 24.8 Å². The van der Waals surface area contributed by atoms with E-state index in [1.54, 1.807) is 13.8 Å². The molecule has 2 fully saturated rings. The largest absolute Gasteiger partial charge is 0.459 e. The Bertz CT molecular complexity index is 542. The highest BCUT2D eigenvalue weighted by Gasteiger charge is 2.37. The maximum Gasteiger partial charge on any atom is 0.317 e. The molecule has 0 spiro atoms. The zero-order chi connectivity index (χ0) is 23.7. The minimum Gasteiger partial charge on any atom is -0.459 e. The molecule has 0 amide bonds. The third-order valence-electron chi connectivity index (χ3n) is 6.81. The molecule has 4 unspecified atom stereocenters. The average molecular weight is 443 g/mol. The lowest BCUT2D eigenvalue weighted by molar-refractivity contribution is -0.162. The number of ether oxygens (including phenoxy) is 2. The van der Waals surface area contributed by atoms with Crippen LogP contribution in [0.4, 0.5) is 0 Å². The zero-order valence-electron chi connectivity index (χ0n) is 21.1. The summed E-state index contributed by atoms with van der Waals surface area (Å²) < 4.78 is 9.82. The van der Waals surface area contributed by atoms with Gasteiger partial charge in [-0.15, -0.1) is 0 Å². The molecule has 6 heteroatoms. The quantitative estimate of drug-likeness (QED) is 0.281. The summed E-state index contributed by atoms with van der Waals surface area (Å²) in [5.74, 6) is -1.26. The molecule has 0 aromatic rings. The van der Waals surface area contributed by atoms with Crippen LogP contribution in [-0.2, 0) is 23.9 Å². The Hall–Kier alpha value is -1.17. The van der Waals surface area contributed by atoms with Crippen molar-refractivity contribution in [3.8, 4) is 0 Å². The Morgan fingerprint density at radius 1 is 1.03 bits per heavy atom. The minimum atomic E-state index is -0.761. The molecule has 176 valence electrons. The fraction of sp³-hybridized carbons (Fsp3) is 0.875. The van der Waals surface area contributed by atoms with E-state index in [2.05, 4.69) is 45.1 Å². The van der Waals surface area contributed by atoms with Crippen LogP contribution < -0.4 is 0 Å². The fourth-order valence-corrected chi connectivity index (χ4v) is 4.27. The SMILES string of the molecule is CC1C(=O)OC(=O)C1C.CCC(C)C(=O)OC1(C)CCCC1.CCC(C)[Si](C)(C)C. The molecule has 2 rings (SSSR count). The van der Waals surface area contributed by atoms with E-state index < -0.39 is 20.0 Å². The highest BCUT2D eigenvalue weighted by molar-refractivity contribution is 6.77. The Labute approximate surface area is 185 Å². The van der Waals surface area contributed by atoms with E-state index in [0.29, 0.717) is 0 Å². The van der Waals surface area contributed by atoms with Crippen molar-refractivity contribution in [2.24, 2.45) is 17.8 Å². The molecule has 4 atom stereocenters. The molecule has 0 radical (unpaired) electrons. The van der Waals surface area contributed by atoms with Gasteiger partial charge in [-0.05, 0) is 44.6 Å². The Morgan fingerprint density at radius 3 is 1.70 bits per heavy atom. The lowest BCUT2D eigenvalue weighted by Gasteiger charge is -2.25. The molecular formula is C24H46O5Si. The van der Waals surface area contributed by atoms with Crippen molar-refractivity contribution in [3.63, 3.8) is 0 Å². The Morgan fingerprint density at radius 2 is 1.47 bits per heavy atom. The molecule has 1 aliphatic carbocycles. The molecule has 0 aromatic carbocycles. The summed E-state index contributed by atoms with van der Waals surface area (Å²) in [4.78, 5) is 32.6. The zero-order valence-corrected chi connectivity index (χ0v) is 22.1. The van der Waals surface area contributed by atoms with Gasteiger partial charge in [0.25, 0.3) is 0 Å². The summed E-state index contributed by atoms with van der Waals surface area (Å²) in [6, 6.07) is 0. The topological polar surface area (TPSA) is 69.7 Å². The van der Waals surface area contributed by atoms with Gasteiger partial charge in [-0.3, -0.25) is 14.4 Å². The van der Waals surface area contributed by atoms with Gasteiger partial charge in [0.1, 0.15) is 5.60 Å². The van der Waals surface area contributed by atoms with Gasteiger partial charge in [0, 0.05) is 8.07 Å². The Balaban J connectivity index is 0.000000438. The van der Waals surface area contributed by atoms with Crippen molar-refractivity contribution < 1.29 is 23.9 Å². The summed E-state index contributed by atoms with van der Waals surface area (Å²) in [6.07, 6.45) is 6.70. The van der Waals surface area contributed by atoms with Crippen molar-refractivity contribution >= 4 is 26.0 Å². The minimum absolute atomic E-state index is 0.0214. The first-order valence-electron chi connectivity index (χ1n) is 11.7.